The Morgan fingerprint density at radius 1 is 1.29 bits per heavy atom. The van der Waals surface area contributed by atoms with Crippen molar-refractivity contribution in [2.75, 3.05) is 18.8 Å². The first-order chi connectivity index (χ1) is 11.2. The molecular formula is C18H28N2O3S. The predicted molar refractivity (Wildman–Crippen MR) is 96.2 cm³/mol. The minimum atomic E-state index is -3.15. The van der Waals surface area contributed by atoms with Gasteiger partial charge in [-0.25, -0.2) is 12.7 Å². The molecule has 24 heavy (non-hydrogen) atoms. The van der Waals surface area contributed by atoms with Crippen LogP contribution in [-0.4, -0.2) is 37.5 Å². The standard InChI is InChI=1S/C18H28N2O3S/c1-5-24(22,23)20-10-8-16(9-11-20)18(21)19-15(4)17-12-13(2)6-7-14(17)3/h6-7,12,15-16H,5,8-11H2,1-4H3,(H,19,21)/t15-/m1/s1. The SMILES string of the molecule is CCS(=O)(=O)N1CCC(C(=O)N[C@H](C)c2cc(C)ccc2C)CC1. The summed E-state index contributed by atoms with van der Waals surface area (Å²) in [6, 6.07) is 6.20. The van der Waals surface area contributed by atoms with E-state index in [9.17, 15) is 13.2 Å². The van der Waals surface area contributed by atoms with E-state index in [2.05, 4.69) is 23.5 Å². The highest BCUT2D eigenvalue weighted by atomic mass is 32.2. The molecule has 134 valence electrons. The lowest BCUT2D eigenvalue weighted by Gasteiger charge is -2.31. The van der Waals surface area contributed by atoms with Crippen LogP contribution in [0.25, 0.3) is 0 Å². The van der Waals surface area contributed by atoms with Crippen molar-refractivity contribution in [3.05, 3.63) is 34.9 Å². The highest BCUT2D eigenvalue weighted by Gasteiger charge is 2.30. The molecule has 6 heteroatoms. The van der Waals surface area contributed by atoms with Crippen molar-refractivity contribution >= 4 is 15.9 Å². The lowest BCUT2D eigenvalue weighted by Crippen LogP contribution is -2.43. The predicted octanol–water partition coefficient (Wildman–Crippen LogP) is 2.54. The minimum absolute atomic E-state index is 0.0250. The number of hydrogen-bond donors (Lipinski definition) is 1. The van der Waals surface area contributed by atoms with Crippen molar-refractivity contribution in [3.63, 3.8) is 0 Å². The number of carbonyl (C=O) groups is 1. The van der Waals surface area contributed by atoms with Crippen LogP contribution in [0.4, 0.5) is 0 Å². The monoisotopic (exact) mass is 352 g/mol. The Morgan fingerprint density at radius 3 is 2.50 bits per heavy atom. The number of nitrogens with zero attached hydrogens (tertiary/aromatic N) is 1. The molecule has 0 aliphatic carbocycles. The van der Waals surface area contributed by atoms with E-state index in [0.29, 0.717) is 25.9 Å². The third kappa shape index (κ3) is 4.36. The molecule has 1 heterocycles. The summed E-state index contributed by atoms with van der Waals surface area (Å²) in [7, 11) is -3.15. The second-order valence-electron chi connectivity index (χ2n) is 6.66. The van der Waals surface area contributed by atoms with E-state index >= 15 is 0 Å². The smallest absolute Gasteiger partial charge is 0.223 e. The van der Waals surface area contributed by atoms with Crippen molar-refractivity contribution in [3.8, 4) is 0 Å². The van der Waals surface area contributed by atoms with Gasteiger partial charge in [-0.2, -0.15) is 0 Å². The van der Waals surface area contributed by atoms with Crippen LogP contribution >= 0.6 is 0 Å². The van der Waals surface area contributed by atoms with E-state index in [1.807, 2.05) is 20.8 Å². The molecule has 1 saturated heterocycles. The number of sulfonamides is 1. The number of hydrogen-bond acceptors (Lipinski definition) is 3. The molecule has 1 aromatic rings. The van der Waals surface area contributed by atoms with Crippen LogP contribution in [0.15, 0.2) is 18.2 Å². The topological polar surface area (TPSA) is 66.5 Å². The van der Waals surface area contributed by atoms with Gasteiger partial charge in [0.15, 0.2) is 0 Å². The zero-order valence-electron chi connectivity index (χ0n) is 15.0. The molecule has 5 nitrogen and oxygen atoms in total. The lowest BCUT2D eigenvalue weighted by molar-refractivity contribution is -0.126. The van der Waals surface area contributed by atoms with Crippen LogP contribution < -0.4 is 5.32 Å². The Kier molecular flexibility index (Phi) is 6.04. The maximum atomic E-state index is 12.5. The van der Waals surface area contributed by atoms with Gasteiger partial charge in [-0.15, -0.1) is 0 Å². The van der Waals surface area contributed by atoms with Crippen molar-refractivity contribution in [2.24, 2.45) is 5.92 Å². The van der Waals surface area contributed by atoms with Crippen LogP contribution in [0.3, 0.4) is 0 Å². The summed E-state index contributed by atoms with van der Waals surface area (Å²) in [6.45, 7) is 8.61. The third-order valence-corrected chi connectivity index (χ3v) is 6.72. The zero-order chi connectivity index (χ0) is 17.9. The number of amides is 1. The van der Waals surface area contributed by atoms with Crippen molar-refractivity contribution in [1.29, 1.82) is 0 Å². The Morgan fingerprint density at radius 2 is 1.92 bits per heavy atom. The maximum absolute atomic E-state index is 12.5. The van der Waals surface area contributed by atoms with Gasteiger partial charge in [0, 0.05) is 19.0 Å². The number of nitrogens with one attached hydrogen (secondary N) is 1. The van der Waals surface area contributed by atoms with Gasteiger partial charge in [0.25, 0.3) is 0 Å². The van der Waals surface area contributed by atoms with Crippen LogP contribution in [-0.2, 0) is 14.8 Å². The van der Waals surface area contributed by atoms with Gasteiger partial charge < -0.3 is 5.32 Å². The fraction of sp³-hybridized carbons (Fsp3) is 0.611. The number of benzene rings is 1. The summed E-state index contributed by atoms with van der Waals surface area (Å²) < 4.78 is 25.3. The molecule has 0 radical (unpaired) electrons. The molecule has 0 saturated carbocycles. The van der Waals surface area contributed by atoms with Gasteiger partial charge in [0.05, 0.1) is 11.8 Å². The summed E-state index contributed by atoms with van der Waals surface area (Å²) in [5, 5.41) is 3.09. The fourth-order valence-electron chi connectivity index (χ4n) is 3.21. The number of aryl methyl sites for hydroxylation is 2. The molecule has 0 aromatic heterocycles. The molecule has 0 spiro atoms. The number of carbonyl (C=O) groups excluding carboxylic acids is 1. The van der Waals surface area contributed by atoms with Gasteiger partial charge >= 0.3 is 0 Å². The maximum Gasteiger partial charge on any atom is 0.223 e. The average molecular weight is 353 g/mol. The van der Waals surface area contributed by atoms with Crippen molar-refractivity contribution < 1.29 is 13.2 Å². The van der Waals surface area contributed by atoms with E-state index in [0.717, 1.165) is 11.1 Å². The van der Waals surface area contributed by atoms with Crippen LogP contribution in [0.2, 0.25) is 0 Å². The summed E-state index contributed by atoms with van der Waals surface area (Å²) in [6.07, 6.45) is 1.18. The summed E-state index contributed by atoms with van der Waals surface area (Å²) in [5.74, 6) is 0.0332. The van der Waals surface area contributed by atoms with E-state index in [-0.39, 0.29) is 23.6 Å². The number of piperidine rings is 1. The first-order valence-electron chi connectivity index (χ1n) is 8.60. The van der Waals surface area contributed by atoms with Gasteiger partial charge in [0.1, 0.15) is 0 Å². The van der Waals surface area contributed by atoms with Crippen LogP contribution in [0.1, 0.15) is 49.4 Å². The Hall–Kier alpha value is -1.40. The number of rotatable bonds is 5. The molecule has 1 aromatic carbocycles. The fourth-order valence-corrected chi connectivity index (χ4v) is 4.35. The summed E-state index contributed by atoms with van der Waals surface area (Å²) >= 11 is 0. The quantitative estimate of drug-likeness (QED) is 0.885. The summed E-state index contributed by atoms with van der Waals surface area (Å²) in [5.41, 5.74) is 3.47. The van der Waals surface area contributed by atoms with Crippen LogP contribution in [0, 0.1) is 19.8 Å². The molecule has 1 fully saturated rings. The summed E-state index contributed by atoms with van der Waals surface area (Å²) in [4.78, 5) is 12.5. The van der Waals surface area contributed by atoms with Crippen LogP contribution in [0.5, 0.6) is 0 Å². The van der Waals surface area contributed by atoms with E-state index in [1.165, 1.54) is 9.87 Å². The second-order valence-corrected chi connectivity index (χ2v) is 8.92. The molecule has 1 aliphatic rings. The minimum Gasteiger partial charge on any atom is -0.349 e. The molecule has 0 unspecified atom stereocenters. The Balaban J connectivity index is 1.95. The molecular weight excluding hydrogens is 324 g/mol. The first kappa shape index (κ1) is 18.9. The Labute approximate surface area is 145 Å². The molecule has 1 atom stereocenters. The highest BCUT2D eigenvalue weighted by molar-refractivity contribution is 7.89. The van der Waals surface area contributed by atoms with Crippen molar-refractivity contribution in [1.82, 2.24) is 9.62 Å². The third-order valence-electron chi connectivity index (χ3n) is 4.84. The molecule has 2 rings (SSSR count). The Bertz CT molecular complexity index is 692. The lowest BCUT2D eigenvalue weighted by atomic mass is 9.95. The van der Waals surface area contributed by atoms with Gasteiger partial charge in [-0.05, 0) is 51.7 Å². The van der Waals surface area contributed by atoms with E-state index in [4.69, 9.17) is 0 Å². The first-order valence-corrected chi connectivity index (χ1v) is 10.2. The van der Waals surface area contributed by atoms with Gasteiger partial charge in [-0.1, -0.05) is 23.8 Å². The zero-order valence-corrected chi connectivity index (χ0v) is 15.8. The molecule has 1 amide bonds. The molecule has 0 bridgehead atoms. The van der Waals surface area contributed by atoms with Gasteiger partial charge in [-0.3, -0.25) is 4.79 Å². The molecule has 1 aliphatic heterocycles. The van der Waals surface area contributed by atoms with Crippen molar-refractivity contribution in [2.45, 2.75) is 46.6 Å². The highest BCUT2D eigenvalue weighted by Crippen LogP contribution is 2.23. The van der Waals surface area contributed by atoms with E-state index < -0.39 is 10.0 Å². The largest absolute Gasteiger partial charge is 0.349 e. The van der Waals surface area contributed by atoms with E-state index in [1.54, 1.807) is 6.92 Å². The molecule has 1 N–H and O–H groups in total. The second kappa shape index (κ2) is 7.66. The van der Waals surface area contributed by atoms with Gasteiger partial charge in [0.2, 0.25) is 15.9 Å². The normalized spacial score (nSPS) is 18.3. The average Bonchev–Trinajstić information content (AvgIpc) is 2.57.